The molecule has 2 aromatic rings. The average molecular weight is 429 g/mol. The van der Waals surface area contributed by atoms with E-state index in [1.54, 1.807) is 6.07 Å². The number of aryl methyl sites for hydroxylation is 1. The van der Waals surface area contributed by atoms with E-state index in [4.69, 9.17) is 10.5 Å². The summed E-state index contributed by atoms with van der Waals surface area (Å²) in [5, 5.41) is 3.03. The fourth-order valence-electron chi connectivity index (χ4n) is 2.06. The number of rotatable bonds is 5. The van der Waals surface area contributed by atoms with Crippen molar-refractivity contribution in [2.75, 3.05) is 12.4 Å². The molecule has 0 bridgehead atoms. The third kappa shape index (κ3) is 6.05. The molecule has 0 saturated heterocycles. The van der Waals surface area contributed by atoms with E-state index >= 15 is 0 Å². The number of halogens is 2. The molecule has 0 fully saturated rings. The zero-order valence-electron chi connectivity index (χ0n) is 13.2. The maximum Gasteiger partial charge on any atom is 0.193 e. The number of benzene rings is 2. The molecule has 3 N–H and O–H groups in total. The molecule has 0 amide bonds. The maximum absolute atomic E-state index is 13.4. The van der Waals surface area contributed by atoms with Crippen LogP contribution in [-0.2, 0) is 13.0 Å². The van der Waals surface area contributed by atoms with Crippen molar-refractivity contribution < 1.29 is 9.13 Å². The van der Waals surface area contributed by atoms with E-state index < -0.39 is 0 Å². The predicted octanol–water partition coefficient (Wildman–Crippen LogP) is 3.94. The van der Waals surface area contributed by atoms with Gasteiger partial charge in [0.25, 0.3) is 0 Å². The minimum atomic E-state index is -0.355. The topological polar surface area (TPSA) is 59.6 Å². The van der Waals surface area contributed by atoms with E-state index in [1.807, 2.05) is 18.2 Å². The summed E-state index contributed by atoms with van der Waals surface area (Å²) in [7, 11) is 1.50. The number of hydrogen-bond donors (Lipinski definition) is 2. The van der Waals surface area contributed by atoms with Gasteiger partial charge in [0.15, 0.2) is 5.96 Å². The zero-order chi connectivity index (χ0) is 15.9. The molecule has 0 aromatic heterocycles. The molecule has 0 radical (unpaired) electrons. The second-order valence-electron chi connectivity index (χ2n) is 4.88. The van der Waals surface area contributed by atoms with Crippen LogP contribution >= 0.6 is 24.0 Å². The molecule has 6 heteroatoms. The second kappa shape index (κ2) is 9.34. The van der Waals surface area contributed by atoms with Gasteiger partial charge in [-0.2, -0.15) is 0 Å². The first-order chi connectivity index (χ1) is 10.6. The Bertz CT molecular complexity index is 677. The van der Waals surface area contributed by atoms with E-state index in [1.165, 1.54) is 24.8 Å². The lowest BCUT2D eigenvalue weighted by molar-refractivity contribution is 0.410. The third-order valence-electron chi connectivity index (χ3n) is 3.21. The molecule has 0 heterocycles. The Morgan fingerprint density at radius 1 is 1.22 bits per heavy atom. The molecule has 0 unspecified atom stereocenters. The van der Waals surface area contributed by atoms with Gasteiger partial charge in [0.1, 0.15) is 11.6 Å². The molecule has 4 nitrogen and oxygen atoms in total. The number of nitrogens with zero attached hydrogens (tertiary/aromatic N) is 1. The number of hydrogen-bond acceptors (Lipinski definition) is 2. The molecule has 0 saturated carbocycles. The van der Waals surface area contributed by atoms with E-state index in [9.17, 15) is 4.39 Å². The lowest BCUT2D eigenvalue weighted by atomic mass is 10.1. The Kier molecular flexibility index (Phi) is 7.80. The summed E-state index contributed by atoms with van der Waals surface area (Å²) < 4.78 is 18.4. The van der Waals surface area contributed by atoms with Gasteiger partial charge >= 0.3 is 0 Å². The smallest absolute Gasteiger partial charge is 0.193 e. The standard InChI is InChI=1S/C17H20FN3O.HI/c1-3-12-5-4-6-15(8-12)21-17(19)20-11-13-7-14(18)10-16(9-13)22-2;/h4-10H,3,11H2,1-2H3,(H3,19,20,21);1H. The average Bonchev–Trinajstić information content (AvgIpc) is 2.52. The van der Waals surface area contributed by atoms with E-state index in [-0.39, 0.29) is 42.3 Å². The van der Waals surface area contributed by atoms with Crippen LogP contribution in [0.15, 0.2) is 47.5 Å². The van der Waals surface area contributed by atoms with E-state index in [2.05, 4.69) is 23.3 Å². The first kappa shape index (κ1) is 19.2. The molecule has 0 aliphatic carbocycles. The maximum atomic E-state index is 13.4. The third-order valence-corrected chi connectivity index (χ3v) is 3.21. The fraction of sp³-hybridized carbons (Fsp3) is 0.235. The summed E-state index contributed by atoms with van der Waals surface area (Å²) >= 11 is 0. The summed E-state index contributed by atoms with van der Waals surface area (Å²) in [6.45, 7) is 2.37. The molecule has 0 atom stereocenters. The molecular weight excluding hydrogens is 408 g/mol. The normalized spacial score (nSPS) is 10.8. The van der Waals surface area contributed by atoms with Crippen molar-refractivity contribution in [2.45, 2.75) is 19.9 Å². The quantitative estimate of drug-likeness (QED) is 0.430. The number of methoxy groups -OCH3 is 1. The number of ether oxygens (including phenoxy) is 1. The SMILES string of the molecule is CCc1cccc(NC(N)=NCc2cc(F)cc(OC)c2)c1.I. The second-order valence-corrected chi connectivity index (χ2v) is 4.88. The summed E-state index contributed by atoms with van der Waals surface area (Å²) in [6.07, 6.45) is 0.954. The van der Waals surface area contributed by atoms with Crippen molar-refractivity contribution in [2.24, 2.45) is 10.7 Å². The van der Waals surface area contributed by atoms with Crippen LogP contribution in [0.3, 0.4) is 0 Å². The molecule has 23 heavy (non-hydrogen) atoms. The summed E-state index contributed by atoms with van der Waals surface area (Å²) in [5.41, 5.74) is 8.67. The van der Waals surface area contributed by atoms with Gasteiger partial charge in [-0.05, 0) is 41.8 Å². The Morgan fingerprint density at radius 3 is 2.70 bits per heavy atom. The molecule has 0 spiro atoms. The van der Waals surface area contributed by atoms with Gasteiger partial charge in [0.2, 0.25) is 0 Å². The summed E-state index contributed by atoms with van der Waals surface area (Å²) in [4.78, 5) is 4.22. The highest BCUT2D eigenvalue weighted by Crippen LogP contribution is 2.16. The molecular formula is C17H21FIN3O. The molecule has 124 valence electrons. The molecule has 2 aromatic carbocycles. The van der Waals surface area contributed by atoms with Crippen LogP contribution in [0.25, 0.3) is 0 Å². The minimum absolute atomic E-state index is 0. The number of anilines is 1. The highest BCUT2D eigenvalue weighted by Gasteiger charge is 2.01. The van der Waals surface area contributed by atoms with Crippen molar-refractivity contribution in [3.05, 3.63) is 59.4 Å². The molecule has 2 rings (SSSR count). The lowest BCUT2D eigenvalue weighted by Crippen LogP contribution is -2.22. The van der Waals surface area contributed by atoms with Crippen LogP contribution in [-0.4, -0.2) is 13.1 Å². The zero-order valence-corrected chi connectivity index (χ0v) is 15.5. The predicted molar refractivity (Wildman–Crippen MR) is 103 cm³/mol. The summed E-state index contributed by atoms with van der Waals surface area (Å²) in [6, 6.07) is 12.4. The van der Waals surface area contributed by atoms with Crippen LogP contribution in [0, 0.1) is 5.82 Å². The van der Waals surface area contributed by atoms with Gasteiger partial charge in [-0.3, -0.25) is 0 Å². The Labute approximate surface area is 153 Å². The number of guanidine groups is 1. The number of nitrogens with two attached hydrogens (primary N) is 1. The van der Waals surface area contributed by atoms with E-state index in [0.29, 0.717) is 11.3 Å². The van der Waals surface area contributed by atoms with Gasteiger partial charge in [-0.25, -0.2) is 9.38 Å². The van der Waals surface area contributed by atoms with Gasteiger partial charge in [0, 0.05) is 11.8 Å². The first-order valence-electron chi connectivity index (χ1n) is 7.10. The Hall–Kier alpha value is -1.83. The van der Waals surface area contributed by atoms with Gasteiger partial charge < -0.3 is 15.8 Å². The Balaban J connectivity index is 0.00000264. The van der Waals surface area contributed by atoms with Crippen LogP contribution < -0.4 is 15.8 Å². The van der Waals surface area contributed by atoms with Crippen molar-refractivity contribution in [1.82, 2.24) is 0 Å². The van der Waals surface area contributed by atoms with Crippen LogP contribution in [0.2, 0.25) is 0 Å². The van der Waals surface area contributed by atoms with Gasteiger partial charge in [-0.1, -0.05) is 19.1 Å². The molecule has 0 aliphatic heterocycles. The molecule has 0 aliphatic rings. The highest BCUT2D eigenvalue weighted by molar-refractivity contribution is 14.0. The monoisotopic (exact) mass is 429 g/mol. The fourth-order valence-corrected chi connectivity index (χ4v) is 2.06. The van der Waals surface area contributed by atoms with E-state index in [0.717, 1.165) is 12.1 Å². The van der Waals surface area contributed by atoms with Gasteiger partial charge in [0.05, 0.1) is 13.7 Å². The van der Waals surface area contributed by atoms with Crippen LogP contribution in [0.5, 0.6) is 5.75 Å². The highest BCUT2D eigenvalue weighted by atomic mass is 127. The Morgan fingerprint density at radius 2 is 2.00 bits per heavy atom. The minimum Gasteiger partial charge on any atom is -0.497 e. The first-order valence-corrected chi connectivity index (χ1v) is 7.10. The van der Waals surface area contributed by atoms with Crippen LogP contribution in [0.1, 0.15) is 18.1 Å². The number of nitrogens with one attached hydrogen (secondary N) is 1. The summed E-state index contributed by atoms with van der Waals surface area (Å²) in [5.74, 6) is 0.399. The van der Waals surface area contributed by atoms with Crippen molar-refractivity contribution in [1.29, 1.82) is 0 Å². The van der Waals surface area contributed by atoms with Crippen LogP contribution in [0.4, 0.5) is 10.1 Å². The van der Waals surface area contributed by atoms with Crippen molar-refractivity contribution >= 4 is 35.6 Å². The lowest BCUT2D eigenvalue weighted by Gasteiger charge is -2.08. The number of aliphatic imine (C=N–C) groups is 1. The van der Waals surface area contributed by atoms with Crippen molar-refractivity contribution in [3.63, 3.8) is 0 Å². The largest absolute Gasteiger partial charge is 0.497 e. The van der Waals surface area contributed by atoms with Crippen molar-refractivity contribution in [3.8, 4) is 5.75 Å². The van der Waals surface area contributed by atoms with Gasteiger partial charge in [-0.15, -0.1) is 24.0 Å².